The number of aromatic amines is 1. The normalized spacial score (nSPS) is 21.1. The van der Waals surface area contributed by atoms with Crippen molar-refractivity contribution in [3.63, 3.8) is 0 Å². The lowest BCUT2D eigenvalue weighted by Gasteiger charge is -2.36. The van der Waals surface area contributed by atoms with Gasteiger partial charge in [-0.2, -0.15) is 0 Å². The number of ether oxygens (including phenoxy) is 2. The van der Waals surface area contributed by atoms with Crippen molar-refractivity contribution in [2.75, 3.05) is 13.2 Å². The summed E-state index contributed by atoms with van der Waals surface area (Å²) in [6, 6.07) is 7.36. The average molecular weight is 375 g/mol. The molecule has 1 aliphatic heterocycles. The second kappa shape index (κ2) is 7.14. The number of rotatable bonds is 4. The lowest BCUT2D eigenvalue weighted by Crippen LogP contribution is -2.42. The second-order valence-electron chi connectivity index (χ2n) is 7.11. The molecule has 1 aromatic heterocycles. The van der Waals surface area contributed by atoms with Gasteiger partial charge in [0.15, 0.2) is 5.79 Å². The Bertz CT molecular complexity index is 841. The molecule has 2 aromatic rings. The highest BCUT2D eigenvalue weighted by Crippen LogP contribution is 2.42. The molecule has 1 aromatic carbocycles. The van der Waals surface area contributed by atoms with Gasteiger partial charge < -0.3 is 14.5 Å². The third-order valence-electron chi connectivity index (χ3n) is 5.28. The van der Waals surface area contributed by atoms with Gasteiger partial charge in [-0.3, -0.25) is 4.79 Å². The number of nitrogens with zero attached hydrogens (tertiary/aromatic N) is 1. The zero-order chi connectivity index (χ0) is 18.1. The lowest BCUT2D eigenvalue weighted by atomic mass is 9.80. The summed E-state index contributed by atoms with van der Waals surface area (Å²) < 4.78 is 11.8. The molecule has 1 aliphatic carbocycles. The van der Waals surface area contributed by atoms with Gasteiger partial charge in [-0.1, -0.05) is 31.4 Å². The number of aromatic nitrogens is 2. The maximum atomic E-state index is 12.9. The van der Waals surface area contributed by atoms with E-state index in [4.69, 9.17) is 26.1 Å². The molecule has 0 amide bonds. The van der Waals surface area contributed by atoms with Crippen LogP contribution >= 0.6 is 11.6 Å². The number of hydrogen-bond donors (Lipinski definition) is 1. The maximum absolute atomic E-state index is 12.9. The minimum atomic E-state index is -0.651. The molecule has 2 aliphatic rings. The number of nitrogens with one attached hydrogen (secondary N) is 1. The molecule has 1 atom stereocenters. The fourth-order valence-electron chi connectivity index (χ4n) is 3.99. The summed E-state index contributed by atoms with van der Waals surface area (Å²) in [4.78, 5) is 20.6. The second-order valence-corrected chi connectivity index (χ2v) is 7.55. The molecule has 0 saturated carbocycles. The van der Waals surface area contributed by atoms with Crippen LogP contribution in [0.2, 0.25) is 5.02 Å². The fourth-order valence-corrected chi connectivity index (χ4v) is 4.11. The van der Waals surface area contributed by atoms with E-state index in [0.717, 1.165) is 36.9 Å². The van der Waals surface area contributed by atoms with Crippen molar-refractivity contribution in [2.24, 2.45) is 0 Å². The lowest BCUT2D eigenvalue weighted by molar-refractivity contribution is -0.169. The highest BCUT2D eigenvalue weighted by molar-refractivity contribution is 6.30. The molecule has 4 rings (SSSR count). The summed E-state index contributed by atoms with van der Waals surface area (Å²) in [6.07, 6.45) is 4.40. The Hall–Kier alpha value is -1.69. The molecule has 5 nitrogen and oxygen atoms in total. The molecule has 0 radical (unpaired) electrons. The van der Waals surface area contributed by atoms with Crippen molar-refractivity contribution in [3.05, 3.63) is 50.9 Å². The van der Waals surface area contributed by atoms with Crippen LogP contribution in [0.1, 0.15) is 49.8 Å². The van der Waals surface area contributed by atoms with Crippen molar-refractivity contribution in [1.82, 2.24) is 9.97 Å². The number of unbranched alkanes of at least 4 members (excludes halogenated alkanes) is 1. The van der Waals surface area contributed by atoms with Crippen molar-refractivity contribution in [1.29, 1.82) is 0 Å². The van der Waals surface area contributed by atoms with Crippen LogP contribution in [0.15, 0.2) is 29.1 Å². The number of fused-ring (bicyclic) bond motifs is 1. The van der Waals surface area contributed by atoms with Crippen LogP contribution in [0.5, 0.6) is 0 Å². The zero-order valence-electron chi connectivity index (χ0n) is 14.9. The summed E-state index contributed by atoms with van der Waals surface area (Å²) >= 11 is 5.98. The van der Waals surface area contributed by atoms with E-state index >= 15 is 0 Å². The van der Waals surface area contributed by atoms with E-state index in [0.29, 0.717) is 36.0 Å². The van der Waals surface area contributed by atoms with Crippen LogP contribution < -0.4 is 5.56 Å². The Kier molecular flexibility index (Phi) is 4.86. The van der Waals surface area contributed by atoms with Crippen LogP contribution in [-0.4, -0.2) is 29.0 Å². The van der Waals surface area contributed by atoms with Crippen molar-refractivity contribution < 1.29 is 9.47 Å². The van der Waals surface area contributed by atoms with E-state index in [-0.39, 0.29) is 11.5 Å². The van der Waals surface area contributed by atoms with Crippen molar-refractivity contribution >= 4 is 11.6 Å². The molecule has 1 N–H and O–H groups in total. The minimum Gasteiger partial charge on any atom is -0.347 e. The first-order valence-corrected chi connectivity index (χ1v) is 9.65. The van der Waals surface area contributed by atoms with Gasteiger partial charge in [0.25, 0.3) is 5.56 Å². The van der Waals surface area contributed by atoms with Gasteiger partial charge in [0.2, 0.25) is 0 Å². The third-order valence-corrected chi connectivity index (χ3v) is 5.53. The van der Waals surface area contributed by atoms with Crippen molar-refractivity contribution in [2.45, 2.75) is 50.7 Å². The number of hydrogen-bond acceptors (Lipinski definition) is 4. The SMILES string of the molecule is CCCCC1CC2(Cc3c1nc(-c1ccc(Cl)cc1)[nH]c3=O)OCCO2. The number of halogens is 1. The molecule has 1 spiro atoms. The van der Waals surface area contributed by atoms with Crippen LogP contribution in [0.3, 0.4) is 0 Å². The predicted molar refractivity (Wildman–Crippen MR) is 101 cm³/mol. The van der Waals surface area contributed by atoms with Crippen LogP contribution in [0.4, 0.5) is 0 Å². The Morgan fingerprint density at radius 1 is 1.27 bits per heavy atom. The molecule has 26 heavy (non-hydrogen) atoms. The fraction of sp³-hybridized carbons (Fsp3) is 0.500. The Morgan fingerprint density at radius 3 is 2.69 bits per heavy atom. The summed E-state index contributed by atoms with van der Waals surface area (Å²) in [6.45, 7) is 3.35. The Balaban J connectivity index is 1.77. The van der Waals surface area contributed by atoms with Crippen LogP contribution in [0, 0.1) is 0 Å². The summed E-state index contributed by atoms with van der Waals surface area (Å²) in [7, 11) is 0. The largest absolute Gasteiger partial charge is 0.347 e. The molecule has 2 heterocycles. The minimum absolute atomic E-state index is 0.0976. The van der Waals surface area contributed by atoms with Gasteiger partial charge in [-0.15, -0.1) is 0 Å². The molecule has 6 heteroatoms. The van der Waals surface area contributed by atoms with E-state index in [1.807, 2.05) is 12.1 Å². The first-order chi connectivity index (χ1) is 12.6. The van der Waals surface area contributed by atoms with Crippen molar-refractivity contribution in [3.8, 4) is 11.4 Å². The topological polar surface area (TPSA) is 64.2 Å². The van der Waals surface area contributed by atoms with Gasteiger partial charge in [-0.05, 0) is 30.7 Å². The Morgan fingerprint density at radius 2 is 2.00 bits per heavy atom. The highest BCUT2D eigenvalue weighted by atomic mass is 35.5. The van der Waals surface area contributed by atoms with Gasteiger partial charge in [0.1, 0.15) is 5.82 Å². The van der Waals surface area contributed by atoms with Crippen LogP contribution in [0.25, 0.3) is 11.4 Å². The highest BCUT2D eigenvalue weighted by Gasteiger charge is 2.45. The molecular weight excluding hydrogens is 352 g/mol. The van der Waals surface area contributed by atoms with Gasteiger partial charge in [0.05, 0.1) is 18.9 Å². The van der Waals surface area contributed by atoms with Gasteiger partial charge in [0, 0.05) is 34.9 Å². The van der Waals surface area contributed by atoms with E-state index in [2.05, 4.69) is 11.9 Å². The molecular formula is C20H23ClN2O3. The predicted octanol–water partition coefficient (Wildman–Crippen LogP) is 4.05. The van der Waals surface area contributed by atoms with E-state index in [1.165, 1.54) is 0 Å². The number of benzene rings is 1. The number of H-pyrrole nitrogens is 1. The quantitative estimate of drug-likeness (QED) is 0.876. The maximum Gasteiger partial charge on any atom is 0.254 e. The first kappa shape index (κ1) is 17.7. The van der Waals surface area contributed by atoms with E-state index in [1.54, 1.807) is 12.1 Å². The molecule has 1 unspecified atom stereocenters. The van der Waals surface area contributed by atoms with E-state index in [9.17, 15) is 4.79 Å². The molecule has 1 fully saturated rings. The summed E-state index contributed by atoms with van der Waals surface area (Å²) in [5.41, 5.74) is 2.37. The van der Waals surface area contributed by atoms with Crippen LogP contribution in [-0.2, 0) is 15.9 Å². The standard InChI is InChI=1S/C20H23ClN2O3/c1-2-3-4-14-11-20(25-9-10-26-20)12-16-17(14)22-18(23-19(16)24)13-5-7-15(21)8-6-13/h5-8,14H,2-4,9-12H2,1H3,(H,22,23,24). The summed E-state index contributed by atoms with van der Waals surface area (Å²) in [5, 5.41) is 0.660. The smallest absolute Gasteiger partial charge is 0.254 e. The molecule has 1 saturated heterocycles. The van der Waals surface area contributed by atoms with Gasteiger partial charge >= 0.3 is 0 Å². The van der Waals surface area contributed by atoms with E-state index < -0.39 is 5.79 Å². The zero-order valence-corrected chi connectivity index (χ0v) is 15.6. The monoisotopic (exact) mass is 374 g/mol. The van der Waals surface area contributed by atoms with Gasteiger partial charge in [-0.25, -0.2) is 4.98 Å². The Labute approximate surface area is 157 Å². The molecule has 138 valence electrons. The summed E-state index contributed by atoms with van der Waals surface area (Å²) in [5.74, 6) is 0.114. The molecule has 0 bridgehead atoms. The average Bonchev–Trinajstić information content (AvgIpc) is 3.08. The first-order valence-electron chi connectivity index (χ1n) is 9.27. The third kappa shape index (κ3) is 3.31.